The number of aryl methyl sites for hydroxylation is 1. The zero-order valence-corrected chi connectivity index (χ0v) is 15.1. The third kappa shape index (κ3) is 4.16. The van der Waals surface area contributed by atoms with Gasteiger partial charge >= 0.3 is 0 Å². The van der Waals surface area contributed by atoms with Crippen LogP contribution in [0.25, 0.3) is 0 Å². The Hall–Kier alpha value is -2.43. The van der Waals surface area contributed by atoms with Gasteiger partial charge in [-0.3, -0.25) is 4.79 Å². The van der Waals surface area contributed by atoms with Crippen LogP contribution in [0.2, 0.25) is 0 Å². The highest BCUT2D eigenvalue weighted by molar-refractivity contribution is 6.04. The minimum atomic E-state index is -0.0838. The second kappa shape index (κ2) is 8.10. The summed E-state index contributed by atoms with van der Waals surface area (Å²) in [7, 11) is 0. The molecule has 2 heterocycles. The number of hydrogen-bond donors (Lipinski definition) is 0. The molecule has 2 aromatic rings. The van der Waals surface area contributed by atoms with E-state index in [-0.39, 0.29) is 5.91 Å². The second-order valence-electron chi connectivity index (χ2n) is 6.62. The maximum atomic E-state index is 13.0. The Bertz CT molecular complexity index is 708. The first-order chi connectivity index (χ1) is 12.2. The minimum Gasteiger partial charge on any atom is -0.355 e. The van der Waals surface area contributed by atoms with Crippen LogP contribution in [0.15, 0.2) is 36.4 Å². The molecule has 1 aliphatic heterocycles. The van der Waals surface area contributed by atoms with E-state index in [0.29, 0.717) is 12.2 Å². The summed E-state index contributed by atoms with van der Waals surface area (Å²) in [6, 6.07) is 11.8. The minimum absolute atomic E-state index is 0.0838. The van der Waals surface area contributed by atoms with E-state index < -0.39 is 0 Å². The predicted molar refractivity (Wildman–Crippen MR) is 101 cm³/mol. The van der Waals surface area contributed by atoms with Crippen LogP contribution in [0.1, 0.15) is 48.7 Å². The molecule has 0 saturated carbocycles. The standard InChI is InChI=1S/C20H26N4O/c1-3-4-14-24(17-9-7-8-16(2)15-17)20(25)18-10-11-19(22-21-18)23-12-5-6-13-23/h7-11,15H,3-6,12-14H2,1-2H3. The van der Waals surface area contributed by atoms with Gasteiger partial charge in [0.2, 0.25) is 0 Å². The molecule has 5 nitrogen and oxygen atoms in total. The van der Waals surface area contributed by atoms with Crippen LogP contribution in [-0.4, -0.2) is 35.7 Å². The van der Waals surface area contributed by atoms with Crippen LogP contribution in [0.3, 0.4) is 0 Å². The Kier molecular flexibility index (Phi) is 5.64. The van der Waals surface area contributed by atoms with Gasteiger partial charge in [0.15, 0.2) is 11.5 Å². The van der Waals surface area contributed by atoms with Crippen molar-refractivity contribution in [3.8, 4) is 0 Å². The summed E-state index contributed by atoms with van der Waals surface area (Å²) in [6.45, 7) is 6.90. The lowest BCUT2D eigenvalue weighted by atomic mass is 10.2. The van der Waals surface area contributed by atoms with Gasteiger partial charge in [0.05, 0.1) is 0 Å². The van der Waals surface area contributed by atoms with Gasteiger partial charge < -0.3 is 9.80 Å². The van der Waals surface area contributed by atoms with Crippen LogP contribution < -0.4 is 9.80 Å². The third-order valence-corrected chi connectivity index (χ3v) is 4.59. The number of carbonyl (C=O) groups excluding carboxylic acids is 1. The molecule has 0 unspecified atom stereocenters. The average Bonchev–Trinajstić information content (AvgIpc) is 3.17. The zero-order valence-electron chi connectivity index (χ0n) is 15.1. The van der Waals surface area contributed by atoms with E-state index in [4.69, 9.17) is 0 Å². The SMILES string of the molecule is CCCCN(C(=O)c1ccc(N2CCCC2)nn1)c1cccc(C)c1. The molecule has 1 fully saturated rings. The molecule has 1 saturated heterocycles. The van der Waals surface area contributed by atoms with E-state index in [2.05, 4.69) is 22.0 Å². The van der Waals surface area contributed by atoms with Gasteiger partial charge in [0.1, 0.15) is 0 Å². The second-order valence-corrected chi connectivity index (χ2v) is 6.62. The Balaban J connectivity index is 1.81. The lowest BCUT2D eigenvalue weighted by Gasteiger charge is -2.23. The van der Waals surface area contributed by atoms with Crippen molar-refractivity contribution < 1.29 is 4.79 Å². The molecule has 1 aromatic carbocycles. The summed E-state index contributed by atoms with van der Waals surface area (Å²) in [6.07, 6.45) is 4.38. The largest absolute Gasteiger partial charge is 0.355 e. The Labute approximate surface area is 149 Å². The van der Waals surface area contributed by atoms with E-state index in [9.17, 15) is 4.79 Å². The van der Waals surface area contributed by atoms with Gasteiger partial charge in [-0.25, -0.2) is 0 Å². The van der Waals surface area contributed by atoms with Gasteiger partial charge in [0, 0.05) is 25.3 Å². The number of nitrogens with zero attached hydrogens (tertiary/aromatic N) is 4. The van der Waals surface area contributed by atoms with E-state index >= 15 is 0 Å². The molecule has 25 heavy (non-hydrogen) atoms. The highest BCUT2D eigenvalue weighted by Gasteiger charge is 2.20. The summed E-state index contributed by atoms with van der Waals surface area (Å²) >= 11 is 0. The number of benzene rings is 1. The highest BCUT2D eigenvalue weighted by atomic mass is 16.2. The molecule has 0 atom stereocenters. The Morgan fingerprint density at radius 1 is 1.16 bits per heavy atom. The number of aromatic nitrogens is 2. The molecule has 1 aliphatic rings. The topological polar surface area (TPSA) is 49.3 Å². The summed E-state index contributed by atoms with van der Waals surface area (Å²) < 4.78 is 0. The summed E-state index contributed by atoms with van der Waals surface area (Å²) in [5.41, 5.74) is 2.46. The molecule has 3 rings (SSSR count). The highest BCUT2D eigenvalue weighted by Crippen LogP contribution is 2.20. The average molecular weight is 338 g/mol. The molecule has 1 amide bonds. The quantitative estimate of drug-likeness (QED) is 0.803. The van der Waals surface area contributed by atoms with Gasteiger partial charge in [-0.2, -0.15) is 0 Å². The van der Waals surface area contributed by atoms with E-state index in [1.807, 2.05) is 42.2 Å². The van der Waals surface area contributed by atoms with E-state index in [0.717, 1.165) is 43.0 Å². The zero-order chi connectivity index (χ0) is 17.6. The van der Waals surface area contributed by atoms with Crippen molar-refractivity contribution in [1.29, 1.82) is 0 Å². The van der Waals surface area contributed by atoms with Crippen LogP contribution in [0.4, 0.5) is 11.5 Å². The molecular formula is C20H26N4O. The molecular weight excluding hydrogens is 312 g/mol. The van der Waals surface area contributed by atoms with Crippen molar-refractivity contribution in [1.82, 2.24) is 10.2 Å². The summed E-state index contributed by atoms with van der Waals surface area (Å²) in [5.74, 6) is 0.782. The van der Waals surface area contributed by atoms with E-state index in [1.165, 1.54) is 12.8 Å². The first-order valence-corrected chi connectivity index (χ1v) is 9.16. The lowest BCUT2D eigenvalue weighted by Crippen LogP contribution is -2.33. The van der Waals surface area contributed by atoms with Crippen molar-refractivity contribution in [2.24, 2.45) is 0 Å². The number of amides is 1. The van der Waals surface area contributed by atoms with Crippen LogP contribution in [-0.2, 0) is 0 Å². The first kappa shape index (κ1) is 17.4. The molecule has 0 radical (unpaired) electrons. The van der Waals surface area contributed by atoms with Gasteiger partial charge in [0.25, 0.3) is 5.91 Å². The number of carbonyl (C=O) groups is 1. The number of hydrogen-bond acceptors (Lipinski definition) is 4. The smallest absolute Gasteiger partial charge is 0.278 e. The van der Waals surface area contributed by atoms with Crippen LogP contribution in [0, 0.1) is 6.92 Å². The molecule has 0 spiro atoms. The third-order valence-electron chi connectivity index (χ3n) is 4.59. The monoisotopic (exact) mass is 338 g/mol. The lowest BCUT2D eigenvalue weighted by molar-refractivity contribution is 0.0981. The maximum Gasteiger partial charge on any atom is 0.278 e. The van der Waals surface area contributed by atoms with Crippen molar-refractivity contribution in [2.75, 3.05) is 29.4 Å². The molecule has 0 bridgehead atoms. The van der Waals surface area contributed by atoms with Gasteiger partial charge in [-0.1, -0.05) is 25.5 Å². The number of rotatable bonds is 6. The number of unbranched alkanes of at least 4 members (excludes halogenated alkanes) is 1. The fourth-order valence-corrected chi connectivity index (χ4v) is 3.15. The maximum absolute atomic E-state index is 13.0. The molecule has 0 aliphatic carbocycles. The summed E-state index contributed by atoms with van der Waals surface area (Å²) in [5, 5.41) is 8.50. The van der Waals surface area contributed by atoms with Crippen molar-refractivity contribution in [3.05, 3.63) is 47.7 Å². The summed E-state index contributed by atoms with van der Waals surface area (Å²) in [4.78, 5) is 17.0. The normalized spacial score (nSPS) is 13.9. The Morgan fingerprint density at radius 2 is 1.96 bits per heavy atom. The molecule has 1 aromatic heterocycles. The van der Waals surface area contributed by atoms with Crippen molar-refractivity contribution >= 4 is 17.4 Å². The Morgan fingerprint density at radius 3 is 2.60 bits per heavy atom. The molecule has 5 heteroatoms. The fraction of sp³-hybridized carbons (Fsp3) is 0.450. The van der Waals surface area contributed by atoms with Crippen molar-refractivity contribution in [2.45, 2.75) is 39.5 Å². The van der Waals surface area contributed by atoms with Gasteiger partial charge in [-0.15, -0.1) is 10.2 Å². The van der Waals surface area contributed by atoms with Crippen molar-refractivity contribution in [3.63, 3.8) is 0 Å². The molecule has 132 valence electrons. The predicted octanol–water partition coefficient (Wildman–Crippen LogP) is 3.83. The van der Waals surface area contributed by atoms with Crippen LogP contribution >= 0.6 is 0 Å². The van der Waals surface area contributed by atoms with E-state index in [1.54, 1.807) is 6.07 Å². The molecule has 0 N–H and O–H groups in total. The van der Waals surface area contributed by atoms with Crippen LogP contribution in [0.5, 0.6) is 0 Å². The first-order valence-electron chi connectivity index (χ1n) is 9.16. The number of anilines is 2. The fourth-order valence-electron chi connectivity index (χ4n) is 3.15. The van der Waals surface area contributed by atoms with Gasteiger partial charge in [-0.05, 0) is 56.0 Å².